The zero-order valence-corrected chi connectivity index (χ0v) is 14.0. The minimum Gasteiger partial charge on any atom is -0.361 e. The lowest BCUT2D eigenvalue weighted by molar-refractivity contribution is 0.559. The molecule has 3 rings (SSSR count). The van der Waals surface area contributed by atoms with Crippen molar-refractivity contribution in [2.24, 2.45) is 0 Å². The van der Waals surface area contributed by atoms with Crippen LogP contribution in [0.25, 0.3) is 0 Å². The van der Waals surface area contributed by atoms with Crippen LogP contribution in [-0.4, -0.2) is 27.4 Å². The summed E-state index contributed by atoms with van der Waals surface area (Å²) in [6.45, 7) is 7.94. The van der Waals surface area contributed by atoms with E-state index in [1.807, 2.05) is 6.33 Å². The highest BCUT2D eigenvalue weighted by Gasteiger charge is 2.19. The molecule has 1 aromatic carbocycles. The highest BCUT2D eigenvalue weighted by atomic mass is 79.9. The largest absolute Gasteiger partial charge is 0.361 e. The van der Waals surface area contributed by atoms with Crippen LogP contribution in [0.3, 0.4) is 0 Å². The van der Waals surface area contributed by atoms with Gasteiger partial charge in [0.25, 0.3) is 0 Å². The van der Waals surface area contributed by atoms with Gasteiger partial charge in [-0.25, -0.2) is 0 Å². The Kier molecular flexibility index (Phi) is 4.26. The molecular formula is C15H20BrN5. The first-order valence-corrected chi connectivity index (χ1v) is 8.06. The van der Waals surface area contributed by atoms with Crippen LogP contribution in [0.2, 0.25) is 0 Å². The molecule has 0 unspecified atom stereocenters. The molecule has 21 heavy (non-hydrogen) atoms. The summed E-state index contributed by atoms with van der Waals surface area (Å²) in [5.74, 6) is 1.03. The van der Waals surface area contributed by atoms with Crippen LogP contribution in [0.1, 0.15) is 25.2 Å². The Hall–Kier alpha value is -1.40. The van der Waals surface area contributed by atoms with E-state index in [-0.39, 0.29) is 0 Å². The van der Waals surface area contributed by atoms with Crippen LogP contribution < -0.4 is 10.2 Å². The van der Waals surface area contributed by atoms with Crippen LogP contribution in [0.15, 0.2) is 29.0 Å². The predicted molar refractivity (Wildman–Crippen MR) is 87.2 cm³/mol. The molecule has 6 heteroatoms. The van der Waals surface area contributed by atoms with Gasteiger partial charge in [0, 0.05) is 30.1 Å². The number of benzene rings is 1. The molecule has 1 aliphatic heterocycles. The first-order valence-electron chi connectivity index (χ1n) is 7.27. The van der Waals surface area contributed by atoms with E-state index in [1.54, 1.807) is 0 Å². The third kappa shape index (κ3) is 3.27. The average molecular weight is 350 g/mol. The van der Waals surface area contributed by atoms with Gasteiger partial charge in [0.1, 0.15) is 6.33 Å². The maximum Gasteiger partial charge on any atom is 0.152 e. The molecule has 5 nitrogen and oxygen atoms in total. The second kappa shape index (κ2) is 6.15. The summed E-state index contributed by atoms with van der Waals surface area (Å²) < 4.78 is 3.25. The maximum absolute atomic E-state index is 4.17. The Morgan fingerprint density at radius 2 is 2.19 bits per heavy atom. The smallest absolute Gasteiger partial charge is 0.152 e. The summed E-state index contributed by atoms with van der Waals surface area (Å²) in [5, 5.41) is 11.6. The van der Waals surface area contributed by atoms with Crippen molar-refractivity contribution >= 4 is 21.6 Å². The third-order valence-corrected chi connectivity index (χ3v) is 4.34. The van der Waals surface area contributed by atoms with Crippen molar-refractivity contribution in [1.82, 2.24) is 20.1 Å². The van der Waals surface area contributed by atoms with Gasteiger partial charge >= 0.3 is 0 Å². The quantitative estimate of drug-likeness (QED) is 0.921. The van der Waals surface area contributed by atoms with Crippen LogP contribution in [0, 0.1) is 0 Å². The van der Waals surface area contributed by atoms with E-state index in [2.05, 4.69) is 73.0 Å². The summed E-state index contributed by atoms with van der Waals surface area (Å²) in [7, 11) is 0. The molecule has 0 saturated carbocycles. The highest BCUT2D eigenvalue weighted by Crippen LogP contribution is 2.29. The van der Waals surface area contributed by atoms with Crippen LogP contribution in [0.4, 0.5) is 5.69 Å². The number of nitrogens with zero attached hydrogens (tertiary/aromatic N) is 4. The number of hydrogen-bond acceptors (Lipinski definition) is 4. The summed E-state index contributed by atoms with van der Waals surface area (Å²) in [6.07, 6.45) is 1.81. The van der Waals surface area contributed by atoms with Crippen molar-refractivity contribution < 1.29 is 0 Å². The predicted octanol–water partition coefficient (Wildman–Crippen LogP) is 2.56. The molecule has 0 spiro atoms. The SMILES string of the molecule is CC(C)NCc1ccc(N2CCn3cnnc3C2)c(Br)c1. The topological polar surface area (TPSA) is 46.0 Å². The molecule has 2 aromatic rings. The van der Waals surface area contributed by atoms with Gasteiger partial charge in [-0.3, -0.25) is 0 Å². The number of halogens is 1. The molecular weight excluding hydrogens is 330 g/mol. The van der Waals surface area contributed by atoms with Gasteiger partial charge in [-0.05, 0) is 33.6 Å². The molecule has 0 fully saturated rings. The molecule has 0 radical (unpaired) electrons. The molecule has 112 valence electrons. The van der Waals surface area contributed by atoms with Crippen molar-refractivity contribution in [3.63, 3.8) is 0 Å². The Bertz CT molecular complexity index is 622. The van der Waals surface area contributed by atoms with Gasteiger partial charge in [-0.1, -0.05) is 19.9 Å². The molecule has 1 aromatic heterocycles. The van der Waals surface area contributed by atoms with E-state index in [0.717, 1.165) is 36.5 Å². The van der Waals surface area contributed by atoms with Crippen molar-refractivity contribution in [1.29, 1.82) is 0 Å². The molecule has 0 bridgehead atoms. The third-order valence-electron chi connectivity index (χ3n) is 3.71. The van der Waals surface area contributed by atoms with Gasteiger partial charge in [0.2, 0.25) is 0 Å². The Balaban J connectivity index is 1.74. The lowest BCUT2D eigenvalue weighted by Gasteiger charge is -2.30. The minimum absolute atomic E-state index is 0.497. The lowest BCUT2D eigenvalue weighted by Crippen LogP contribution is -2.33. The van der Waals surface area contributed by atoms with Gasteiger partial charge in [-0.2, -0.15) is 0 Å². The number of hydrogen-bond donors (Lipinski definition) is 1. The van der Waals surface area contributed by atoms with Gasteiger partial charge in [-0.15, -0.1) is 10.2 Å². The van der Waals surface area contributed by atoms with E-state index in [1.165, 1.54) is 11.3 Å². The first-order chi connectivity index (χ1) is 10.1. The Morgan fingerprint density at radius 3 is 2.95 bits per heavy atom. The number of fused-ring (bicyclic) bond motifs is 1. The lowest BCUT2D eigenvalue weighted by atomic mass is 10.1. The molecule has 1 N–H and O–H groups in total. The fraction of sp³-hybridized carbons (Fsp3) is 0.467. The first kappa shape index (κ1) is 14.5. The Labute approximate surface area is 133 Å². The van der Waals surface area contributed by atoms with Gasteiger partial charge < -0.3 is 14.8 Å². The van der Waals surface area contributed by atoms with Crippen LogP contribution in [-0.2, 0) is 19.6 Å². The van der Waals surface area contributed by atoms with Crippen molar-refractivity contribution in [3.8, 4) is 0 Å². The summed E-state index contributed by atoms with van der Waals surface area (Å²) in [6, 6.07) is 7.07. The van der Waals surface area contributed by atoms with E-state index in [9.17, 15) is 0 Å². The fourth-order valence-electron chi connectivity index (χ4n) is 2.51. The van der Waals surface area contributed by atoms with E-state index in [0.29, 0.717) is 6.04 Å². The van der Waals surface area contributed by atoms with Crippen molar-refractivity contribution in [3.05, 3.63) is 40.4 Å². The summed E-state index contributed by atoms with van der Waals surface area (Å²) in [5.41, 5.74) is 2.51. The average Bonchev–Trinajstić information content (AvgIpc) is 2.92. The molecule has 2 heterocycles. The zero-order chi connectivity index (χ0) is 14.8. The molecule has 0 aliphatic carbocycles. The minimum atomic E-state index is 0.497. The second-order valence-corrected chi connectivity index (χ2v) is 6.54. The van der Waals surface area contributed by atoms with E-state index in [4.69, 9.17) is 0 Å². The molecule has 1 aliphatic rings. The van der Waals surface area contributed by atoms with Crippen molar-refractivity contribution in [2.75, 3.05) is 11.4 Å². The fourth-order valence-corrected chi connectivity index (χ4v) is 3.19. The molecule has 0 amide bonds. The van der Waals surface area contributed by atoms with Crippen LogP contribution >= 0.6 is 15.9 Å². The normalized spacial score (nSPS) is 14.6. The van der Waals surface area contributed by atoms with E-state index >= 15 is 0 Å². The number of rotatable bonds is 4. The molecule has 0 saturated heterocycles. The van der Waals surface area contributed by atoms with Crippen molar-refractivity contribution in [2.45, 2.75) is 39.5 Å². The summed E-state index contributed by atoms with van der Waals surface area (Å²) in [4.78, 5) is 2.34. The highest BCUT2D eigenvalue weighted by molar-refractivity contribution is 9.10. The maximum atomic E-state index is 4.17. The van der Waals surface area contributed by atoms with Crippen LogP contribution in [0.5, 0.6) is 0 Å². The Morgan fingerprint density at radius 1 is 1.33 bits per heavy atom. The standard InChI is InChI=1S/C15H20BrN5/c1-11(2)17-8-12-3-4-14(13(16)7-12)20-5-6-21-10-18-19-15(21)9-20/h3-4,7,10-11,17H,5-6,8-9H2,1-2H3. The number of aromatic nitrogens is 3. The zero-order valence-electron chi connectivity index (χ0n) is 12.4. The summed E-state index contributed by atoms with van der Waals surface area (Å²) >= 11 is 3.71. The second-order valence-electron chi connectivity index (χ2n) is 5.68. The van der Waals surface area contributed by atoms with Gasteiger partial charge in [0.15, 0.2) is 5.82 Å². The molecule has 0 atom stereocenters. The van der Waals surface area contributed by atoms with Gasteiger partial charge in [0.05, 0.1) is 12.2 Å². The number of anilines is 1. The monoisotopic (exact) mass is 349 g/mol. The van der Waals surface area contributed by atoms with E-state index < -0.39 is 0 Å². The number of nitrogens with one attached hydrogen (secondary N) is 1.